The average Bonchev–Trinajstić information content (AvgIpc) is 2.84. The van der Waals surface area contributed by atoms with E-state index in [-0.39, 0.29) is 18.8 Å². The Morgan fingerprint density at radius 1 is 0.781 bits per heavy atom. The standard InChI is InChI=1S/C27H21N3O2/c31-25-17-21(30-26-23(25)13-15-29-27(26)24-8-4-5-14-28-24)18-32-22-11-9-20(10-12-22)16-19-6-2-1-3-7-19/h1-15H,16-18H2. The predicted molar refractivity (Wildman–Crippen MR) is 125 cm³/mol. The van der Waals surface area contributed by atoms with Crippen LogP contribution in [0.4, 0.5) is 5.69 Å². The smallest absolute Gasteiger partial charge is 0.170 e. The molecule has 0 aliphatic carbocycles. The average molecular weight is 419 g/mol. The van der Waals surface area contributed by atoms with E-state index in [1.807, 2.05) is 48.5 Å². The van der Waals surface area contributed by atoms with Gasteiger partial charge in [-0.25, -0.2) is 0 Å². The second-order valence-corrected chi connectivity index (χ2v) is 7.64. The van der Waals surface area contributed by atoms with E-state index in [2.05, 4.69) is 34.2 Å². The third-order valence-corrected chi connectivity index (χ3v) is 5.35. The molecule has 0 unspecified atom stereocenters. The van der Waals surface area contributed by atoms with Crippen LogP contribution >= 0.6 is 0 Å². The van der Waals surface area contributed by atoms with Crippen LogP contribution in [0.25, 0.3) is 11.4 Å². The molecule has 156 valence electrons. The Labute approximate surface area is 186 Å². The molecule has 2 aromatic heterocycles. The molecule has 5 nitrogen and oxygen atoms in total. The molecule has 3 heterocycles. The van der Waals surface area contributed by atoms with E-state index in [0.717, 1.165) is 12.2 Å². The fourth-order valence-electron chi connectivity index (χ4n) is 3.75. The first kappa shape index (κ1) is 19.8. The summed E-state index contributed by atoms with van der Waals surface area (Å²) in [5, 5.41) is 0. The topological polar surface area (TPSA) is 64.4 Å². The van der Waals surface area contributed by atoms with Gasteiger partial charge in [-0.05, 0) is 47.9 Å². The van der Waals surface area contributed by atoms with Crippen molar-refractivity contribution in [1.29, 1.82) is 0 Å². The minimum atomic E-state index is 0.0198. The van der Waals surface area contributed by atoms with Crippen LogP contribution in [0, 0.1) is 0 Å². The van der Waals surface area contributed by atoms with Gasteiger partial charge in [-0.15, -0.1) is 0 Å². The van der Waals surface area contributed by atoms with Gasteiger partial charge < -0.3 is 4.74 Å². The van der Waals surface area contributed by atoms with Crippen molar-refractivity contribution in [3.63, 3.8) is 0 Å². The molecule has 0 fully saturated rings. The second kappa shape index (κ2) is 8.94. The summed E-state index contributed by atoms with van der Waals surface area (Å²) in [6.07, 6.45) is 4.46. The Morgan fingerprint density at radius 3 is 2.34 bits per heavy atom. The van der Waals surface area contributed by atoms with E-state index >= 15 is 0 Å². The molecule has 5 heteroatoms. The SMILES string of the molecule is O=C1CC(COc2ccc(Cc3ccccc3)cc2)=Nc2c1ccnc2-c1ccccn1. The first-order valence-corrected chi connectivity index (χ1v) is 10.5. The molecule has 0 saturated carbocycles. The Bertz CT molecular complexity index is 1270. The summed E-state index contributed by atoms with van der Waals surface area (Å²) >= 11 is 0. The zero-order chi connectivity index (χ0) is 21.8. The fraction of sp³-hybridized carbons (Fsp3) is 0.111. The lowest BCUT2D eigenvalue weighted by molar-refractivity contribution is 0.0998. The molecule has 0 bridgehead atoms. The molecule has 0 saturated heterocycles. The van der Waals surface area contributed by atoms with Gasteiger partial charge in [0.15, 0.2) is 5.78 Å². The Hall–Kier alpha value is -4.12. The normalized spacial score (nSPS) is 12.8. The Kier molecular flexibility index (Phi) is 5.54. The van der Waals surface area contributed by atoms with Crippen molar-refractivity contribution in [2.45, 2.75) is 12.8 Å². The lowest BCUT2D eigenvalue weighted by atomic mass is 9.99. The molecule has 0 N–H and O–H groups in total. The monoisotopic (exact) mass is 419 g/mol. The molecule has 2 aromatic carbocycles. The van der Waals surface area contributed by atoms with E-state index in [0.29, 0.717) is 28.4 Å². The maximum atomic E-state index is 12.7. The third kappa shape index (κ3) is 4.32. The number of hydrogen-bond donors (Lipinski definition) is 0. The highest BCUT2D eigenvalue weighted by Gasteiger charge is 2.24. The number of ether oxygens (including phenoxy) is 1. The lowest BCUT2D eigenvalue weighted by Gasteiger charge is -2.17. The first-order chi connectivity index (χ1) is 15.8. The van der Waals surface area contributed by atoms with Crippen LogP contribution in [0.15, 0.2) is 96.2 Å². The van der Waals surface area contributed by atoms with E-state index in [1.165, 1.54) is 11.1 Å². The van der Waals surface area contributed by atoms with Crippen molar-refractivity contribution in [2.75, 3.05) is 6.61 Å². The van der Waals surface area contributed by atoms with Gasteiger partial charge in [0.1, 0.15) is 23.7 Å². The number of aromatic nitrogens is 2. The number of nitrogens with zero attached hydrogens (tertiary/aromatic N) is 3. The number of carbonyl (C=O) groups excluding carboxylic acids is 1. The zero-order valence-electron chi connectivity index (χ0n) is 17.4. The van der Waals surface area contributed by atoms with Gasteiger partial charge in [0.2, 0.25) is 0 Å². The second-order valence-electron chi connectivity index (χ2n) is 7.64. The summed E-state index contributed by atoms with van der Waals surface area (Å²) in [6.45, 7) is 0.250. The van der Waals surface area contributed by atoms with Crippen molar-refractivity contribution in [2.24, 2.45) is 4.99 Å². The van der Waals surface area contributed by atoms with Gasteiger partial charge in [0.25, 0.3) is 0 Å². The maximum Gasteiger partial charge on any atom is 0.170 e. The van der Waals surface area contributed by atoms with Gasteiger partial charge in [-0.3, -0.25) is 19.8 Å². The number of carbonyl (C=O) groups is 1. The summed E-state index contributed by atoms with van der Waals surface area (Å²) in [5.41, 5.74) is 5.62. The first-order valence-electron chi connectivity index (χ1n) is 10.5. The summed E-state index contributed by atoms with van der Waals surface area (Å²) in [7, 11) is 0. The molecule has 0 spiro atoms. The van der Waals surface area contributed by atoms with E-state index in [4.69, 9.17) is 9.73 Å². The molecule has 4 aromatic rings. The number of Topliss-reactive ketones (excluding diaryl/α,β-unsaturated/α-hetero) is 1. The van der Waals surface area contributed by atoms with Gasteiger partial charge in [0.05, 0.1) is 17.8 Å². The van der Waals surface area contributed by atoms with Crippen LogP contribution in [-0.4, -0.2) is 28.1 Å². The molecular weight excluding hydrogens is 398 g/mol. The lowest BCUT2D eigenvalue weighted by Crippen LogP contribution is -2.20. The highest BCUT2D eigenvalue weighted by atomic mass is 16.5. The number of benzene rings is 2. The molecule has 32 heavy (non-hydrogen) atoms. The van der Waals surface area contributed by atoms with Crippen LogP contribution in [0.3, 0.4) is 0 Å². The van der Waals surface area contributed by atoms with E-state index < -0.39 is 0 Å². The number of hydrogen-bond acceptors (Lipinski definition) is 5. The molecule has 1 aliphatic heterocycles. The van der Waals surface area contributed by atoms with E-state index in [9.17, 15) is 4.79 Å². The maximum absolute atomic E-state index is 12.7. The van der Waals surface area contributed by atoms with Crippen LogP contribution in [0.2, 0.25) is 0 Å². The minimum Gasteiger partial charge on any atom is -0.488 e. The van der Waals surface area contributed by atoms with Crippen molar-refractivity contribution in [3.8, 4) is 17.1 Å². The van der Waals surface area contributed by atoms with Crippen molar-refractivity contribution >= 4 is 17.2 Å². The Balaban J connectivity index is 1.32. The van der Waals surface area contributed by atoms with Gasteiger partial charge in [0, 0.05) is 18.0 Å². The summed E-state index contributed by atoms with van der Waals surface area (Å²) < 4.78 is 5.94. The number of aliphatic imine (C=N–C) groups is 1. The largest absolute Gasteiger partial charge is 0.488 e. The molecule has 0 atom stereocenters. The van der Waals surface area contributed by atoms with Gasteiger partial charge in [-0.2, -0.15) is 0 Å². The molecule has 5 rings (SSSR count). The van der Waals surface area contributed by atoms with Gasteiger partial charge >= 0.3 is 0 Å². The number of pyridine rings is 2. The summed E-state index contributed by atoms with van der Waals surface area (Å²) in [6, 6.07) is 25.7. The number of ketones is 1. The van der Waals surface area contributed by atoms with E-state index in [1.54, 1.807) is 18.5 Å². The van der Waals surface area contributed by atoms with Gasteiger partial charge in [-0.1, -0.05) is 48.5 Å². The quantitative estimate of drug-likeness (QED) is 0.416. The summed E-state index contributed by atoms with van der Waals surface area (Å²) in [5.74, 6) is 0.769. The van der Waals surface area contributed by atoms with Crippen LogP contribution in [-0.2, 0) is 6.42 Å². The molecule has 0 amide bonds. The van der Waals surface area contributed by atoms with Crippen molar-refractivity contribution in [3.05, 3.63) is 108 Å². The number of rotatable bonds is 6. The Morgan fingerprint density at radius 2 is 1.56 bits per heavy atom. The molecular formula is C27H21N3O2. The fourth-order valence-corrected chi connectivity index (χ4v) is 3.75. The van der Waals surface area contributed by atoms with Crippen LogP contribution in [0.1, 0.15) is 27.9 Å². The number of fused-ring (bicyclic) bond motifs is 1. The van der Waals surface area contributed by atoms with Crippen LogP contribution < -0.4 is 4.74 Å². The summed E-state index contributed by atoms with van der Waals surface area (Å²) in [4.78, 5) is 26.2. The predicted octanol–water partition coefficient (Wildman–Crippen LogP) is 5.47. The third-order valence-electron chi connectivity index (χ3n) is 5.35. The minimum absolute atomic E-state index is 0.0198. The van der Waals surface area contributed by atoms with Crippen molar-refractivity contribution < 1.29 is 9.53 Å². The molecule has 0 radical (unpaired) electrons. The van der Waals surface area contributed by atoms with Crippen molar-refractivity contribution in [1.82, 2.24) is 9.97 Å². The molecule has 1 aliphatic rings. The highest BCUT2D eigenvalue weighted by Crippen LogP contribution is 2.34. The highest BCUT2D eigenvalue weighted by molar-refractivity contribution is 6.17. The zero-order valence-corrected chi connectivity index (χ0v) is 17.4. The van der Waals surface area contributed by atoms with Crippen LogP contribution in [0.5, 0.6) is 5.75 Å².